The molecule has 0 radical (unpaired) electrons. The highest BCUT2D eigenvalue weighted by Crippen LogP contribution is 2.22. The third kappa shape index (κ3) is 2.42. The number of para-hydroxylation sites is 1. The quantitative estimate of drug-likeness (QED) is 0.754. The molecule has 0 saturated heterocycles. The van der Waals surface area contributed by atoms with Gasteiger partial charge in [-0.3, -0.25) is 4.79 Å². The minimum Gasteiger partial charge on any atom is -0.350 e. The summed E-state index contributed by atoms with van der Waals surface area (Å²) in [6.07, 6.45) is 1.88. The maximum atomic E-state index is 12.5. The molecule has 21 heavy (non-hydrogen) atoms. The number of hydrogen-bond donors (Lipinski definition) is 1. The Hall–Kier alpha value is -2.55. The molecule has 0 aliphatic rings. The first-order valence-corrected chi connectivity index (χ1v) is 6.99. The summed E-state index contributed by atoms with van der Waals surface area (Å²) in [4.78, 5) is 12.5. The number of nitrogens with zero attached hydrogens (tertiary/aromatic N) is 1. The number of carbonyl (C=O) groups is 1. The van der Waals surface area contributed by atoms with Gasteiger partial charge in [0.1, 0.15) is 0 Å². The Bertz CT molecular complexity index is 830. The van der Waals surface area contributed by atoms with Crippen molar-refractivity contribution in [3.05, 3.63) is 65.4 Å². The second kappa shape index (κ2) is 5.09. The normalized spacial score (nSPS) is 10.8. The largest absolute Gasteiger partial charge is 0.350 e. The van der Waals surface area contributed by atoms with Crippen LogP contribution in [0, 0.1) is 13.8 Å². The van der Waals surface area contributed by atoms with E-state index in [1.54, 1.807) is 0 Å². The molecule has 0 aliphatic carbocycles. The molecule has 2 aromatic carbocycles. The molecule has 0 bridgehead atoms. The summed E-state index contributed by atoms with van der Waals surface area (Å²) < 4.78 is 1.98. The smallest absolute Gasteiger partial charge is 0.257 e. The van der Waals surface area contributed by atoms with Crippen LogP contribution in [0.5, 0.6) is 0 Å². The van der Waals surface area contributed by atoms with Gasteiger partial charge in [0.2, 0.25) is 0 Å². The van der Waals surface area contributed by atoms with Crippen LogP contribution in [0.3, 0.4) is 0 Å². The van der Waals surface area contributed by atoms with Crippen LogP contribution in [0.1, 0.15) is 21.5 Å². The van der Waals surface area contributed by atoms with E-state index in [-0.39, 0.29) is 5.91 Å². The fourth-order valence-corrected chi connectivity index (χ4v) is 2.54. The molecule has 1 aromatic heterocycles. The maximum Gasteiger partial charge on any atom is 0.257 e. The summed E-state index contributed by atoms with van der Waals surface area (Å²) in [5.41, 5.74) is 4.98. The summed E-state index contributed by atoms with van der Waals surface area (Å²) >= 11 is 0. The zero-order valence-corrected chi connectivity index (χ0v) is 12.5. The molecule has 1 N–H and O–H groups in total. The van der Waals surface area contributed by atoms with Crippen molar-refractivity contribution in [3.8, 4) is 0 Å². The lowest BCUT2D eigenvalue weighted by atomic mass is 10.1. The van der Waals surface area contributed by atoms with Gasteiger partial charge in [0.05, 0.1) is 5.56 Å². The van der Waals surface area contributed by atoms with Gasteiger partial charge in [0.25, 0.3) is 5.91 Å². The van der Waals surface area contributed by atoms with Crippen LogP contribution in [0.2, 0.25) is 0 Å². The molecule has 3 rings (SSSR count). The Morgan fingerprint density at radius 2 is 1.81 bits per heavy atom. The van der Waals surface area contributed by atoms with Crippen LogP contribution in [0.25, 0.3) is 10.9 Å². The van der Waals surface area contributed by atoms with E-state index in [0.29, 0.717) is 5.56 Å². The first-order chi connectivity index (χ1) is 10.1. The molecular weight excluding hydrogens is 260 g/mol. The Morgan fingerprint density at radius 1 is 1.05 bits per heavy atom. The SMILES string of the molecule is Cc1ccc(NC(=O)c2cn(C)c3ccccc23)cc1C. The van der Waals surface area contributed by atoms with Crippen LogP contribution in [-0.4, -0.2) is 10.5 Å². The predicted molar refractivity (Wildman–Crippen MR) is 86.8 cm³/mol. The van der Waals surface area contributed by atoms with Gasteiger partial charge in [0, 0.05) is 29.8 Å². The van der Waals surface area contributed by atoms with Crippen molar-refractivity contribution in [1.82, 2.24) is 4.57 Å². The number of anilines is 1. The van der Waals surface area contributed by atoms with E-state index >= 15 is 0 Å². The fraction of sp³-hybridized carbons (Fsp3) is 0.167. The number of amides is 1. The maximum absolute atomic E-state index is 12.5. The lowest BCUT2D eigenvalue weighted by Gasteiger charge is -2.07. The Balaban J connectivity index is 1.95. The van der Waals surface area contributed by atoms with Gasteiger partial charge < -0.3 is 9.88 Å². The number of rotatable bonds is 2. The van der Waals surface area contributed by atoms with Crippen LogP contribution < -0.4 is 5.32 Å². The molecule has 0 aliphatic heterocycles. The zero-order valence-electron chi connectivity index (χ0n) is 12.5. The minimum atomic E-state index is -0.0740. The van der Waals surface area contributed by atoms with E-state index in [1.807, 2.05) is 67.2 Å². The van der Waals surface area contributed by atoms with Gasteiger partial charge >= 0.3 is 0 Å². The molecule has 1 amide bonds. The number of carbonyl (C=O) groups excluding carboxylic acids is 1. The fourth-order valence-electron chi connectivity index (χ4n) is 2.54. The van der Waals surface area contributed by atoms with Gasteiger partial charge in [-0.25, -0.2) is 0 Å². The highest BCUT2D eigenvalue weighted by Gasteiger charge is 2.13. The number of hydrogen-bond acceptors (Lipinski definition) is 1. The summed E-state index contributed by atoms with van der Waals surface area (Å²) in [7, 11) is 1.95. The summed E-state index contributed by atoms with van der Waals surface area (Å²) in [5, 5.41) is 3.95. The van der Waals surface area contributed by atoms with Gasteiger partial charge in [-0.2, -0.15) is 0 Å². The molecule has 0 unspecified atom stereocenters. The van der Waals surface area contributed by atoms with Gasteiger partial charge in [0.15, 0.2) is 0 Å². The first kappa shape index (κ1) is 13.4. The Labute approximate surface area is 124 Å². The van der Waals surface area contributed by atoms with Crippen molar-refractivity contribution < 1.29 is 4.79 Å². The molecule has 0 saturated carbocycles. The average Bonchev–Trinajstić information content (AvgIpc) is 2.81. The van der Waals surface area contributed by atoms with E-state index in [0.717, 1.165) is 16.6 Å². The van der Waals surface area contributed by atoms with Gasteiger partial charge in [-0.1, -0.05) is 24.3 Å². The molecule has 1 heterocycles. The number of benzene rings is 2. The predicted octanol–water partition coefficient (Wildman–Crippen LogP) is 4.05. The molecule has 0 atom stereocenters. The Kier molecular flexibility index (Phi) is 3.26. The molecule has 0 spiro atoms. The standard InChI is InChI=1S/C18H18N2O/c1-12-8-9-14(10-13(12)2)19-18(21)16-11-20(3)17-7-5-4-6-15(16)17/h4-11H,1-3H3,(H,19,21). The van der Waals surface area contributed by atoms with Crippen LogP contribution in [0.15, 0.2) is 48.7 Å². The van der Waals surface area contributed by atoms with E-state index in [4.69, 9.17) is 0 Å². The monoisotopic (exact) mass is 278 g/mol. The lowest BCUT2D eigenvalue weighted by molar-refractivity contribution is 0.102. The van der Waals surface area contributed by atoms with Crippen LogP contribution in [0.4, 0.5) is 5.69 Å². The molecule has 106 valence electrons. The van der Waals surface area contributed by atoms with E-state index in [1.165, 1.54) is 11.1 Å². The molecule has 0 fully saturated rings. The van der Waals surface area contributed by atoms with Crippen molar-refractivity contribution in [2.45, 2.75) is 13.8 Å². The van der Waals surface area contributed by atoms with E-state index in [9.17, 15) is 4.79 Å². The van der Waals surface area contributed by atoms with Crippen molar-refractivity contribution in [2.75, 3.05) is 5.32 Å². The molecule has 3 nitrogen and oxygen atoms in total. The summed E-state index contributed by atoms with van der Waals surface area (Å²) in [5.74, 6) is -0.0740. The highest BCUT2D eigenvalue weighted by molar-refractivity contribution is 6.13. The summed E-state index contributed by atoms with van der Waals surface area (Å²) in [6, 6.07) is 13.9. The third-order valence-electron chi connectivity index (χ3n) is 3.91. The molecular formula is C18H18N2O. The lowest BCUT2D eigenvalue weighted by Crippen LogP contribution is -2.11. The van der Waals surface area contributed by atoms with Gasteiger partial charge in [-0.15, -0.1) is 0 Å². The van der Waals surface area contributed by atoms with Crippen LogP contribution >= 0.6 is 0 Å². The van der Waals surface area contributed by atoms with Gasteiger partial charge in [-0.05, 0) is 43.2 Å². The zero-order chi connectivity index (χ0) is 15.0. The van der Waals surface area contributed by atoms with Crippen molar-refractivity contribution >= 4 is 22.5 Å². The van der Waals surface area contributed by atoms with Crippen LogP contribution in [-0.2, 0) is 7.05 Å². The van der Waals surface area contributed by atoms with Crippen molar-refractivity contribution in [2.24, 2.45) is 7.05 Å². The number of aromatic nitrogens is 1. The number of aryl methyl sites for hydroxylation is 3. The van der Waals surface area contributed by atoms with Crippen molar-refractivity contribution in [1.29, 1.82) is 0 Å². The Morgan fingerprint density at radius 3 is 2.57 bits per heavy atom. The molecule has 3 aromatic rings. The average molecular weight is 278 g/mol. The first-order valence-electron chi connectivity index (χ1n) is 6.99. The minimum absolute atomic E-state index is 0.0740. The van der Waals surface area contributed by atoms with E-state index < -0.39 is 0 Å². The second-order valence-electron chi connectivity index (χ2n) is 5.42. The highest BCUT2D eigenvalue weighted by atomic mass is 16.1. The van der Waals surface area contributed by atoms with Crippen molar-refractivity contribution in [3.63, 3.8) is 0 Å². The molecule has 3 heteroatoms. The third-order valence-corrected chi connectivity index (χ3v) is 3.91. The summed E-state index contributed by atoms with van der Waals surface area (Å²) in [6.45, 7) is 4.11. The number of nitrogens with one attached hydrogen (secondary N) is 1. The van der Waals surface area contributed by atoms with E-state index in [2.05, 4.69) is 12.2 Å². The second-order valence-corrected chi connectivity index (χ2v) is 5.42. The number of fused-ring (bicyclic) bond motifs is 1. The topological polar surface area (TPSA) is 34.0 Å².